The van der Waals surface area contributed by atoms with Gasteiger partial charge in [0.2, 0.25) is 0 Å². The Morgan fingerprint density at radius 1 is 0.846 bits per heavy atom. The molecule has 0 saturated carbocycles. The summed E-state index contributed by atoms with van der Waals surface area (Å²) in [4.78, 5) is 0.283. The van der Waals surface area contributed by atoms with Gasteiger partial charge < -0.3 is 4.57 Å². The van der Waals surface area contributed by atoms with Crippen LogP contribution >= 0.6 is 0 Å². The van der Waals surface area contributed by atoms with Crippen LogP contribution in [0.5, 0.6) is 0 Å². The lowest BCUT2D eigenvalue weighted by atomic mass is 10.1. The van der Waals surface area contributed by atoms with E-state index in [9.17, 15) is 12.8 Å². The van der Waals surface area contributed by atoms with Crippen molar-refractivity contribution in [3.05, 3.63) is 84.7 Å². The van der Waals surface area contributed by atoms with Crippen LogP contribution in [-0.4, -0.2) is 19.2 Å². The van der Waals surface area contributed by atoms with Crippen LogP contribution < -0.4 is 0 Å². The van der Waals surface area contributed by atoms with E-state index in [1.165, 1.54) is 18.4 Å². The number of hydrogen-bond donors (Lipinski definition) is 0. The molecule has 0 aliphatic carbocycles. The van der Waals surface area contributed by atoms with Crippen LogP contribution in [0.2, 0.25) is 0 Å². The Morgan fingerprint density at radius 2 is 1.50 bits per heavy atom. The van der Waals surface area contributed by atoms with Crippen molar-refractivity contribution in [2.24, 2.45) is 0 Å². The van der Waals surface area contributed by atoms with Gasteiger partial charge in [0, 0.05) is 17.3 Å². The van der Waals surface area contributed by atoms with Crippen LogP contribution in [0.1, 0.15) is 0 Å². The number of para-hydroxylation sites is 1. The normalized spacial score (nSPS) is 11.8. The van der Waals surface area contributed by atoms with Gasteiger partial charge in [0.25, 0.3) is 0 Å². The molecule has 5 heteroatoms. The van der Waals surface area contributed by atoms with Gasteiger partial charge in [-0.15, -0.1) is 0 Å². The van der Waals surface area contributed by atoms with Gasteiger partial charge in [0.1, 0.15) is 5.82 Å². The average Bonchev–Trinajstić information content (AvgIpc) is 3.01. The molecule has 4 rings (SSSR count). The van der Waals surface area contributed by atoms with Gasteiger partial charge in [-0.3, -0.25) is 0 Å². The number of hydrogen-bond acceptors (Lipinski definition) is 2. The minimum Gasteiger partial charge on any atom is -0.309 e. The first-order chi connectivity index (χ1) is 12.4. The van der Waals surface area contributed by atoms with Crippen molar-refractivity contribution in [2.45, 2.75) is 4.90 Å². The Labute approximate surface area is 151 Å². The summed E-state index contributed by atoms with van der Waals surface area (Å²) >= 11 is 0. The van der Waals surface area contributed by atoms with E-state index in [0.717, 1.165) is 27.8 Å². The van der Waals surface area contributed by atoms with Gasteiger partial charge in [0.15, 0.2) is 9.84 Å². The SMILES string of the molecule is CS(=O)(=O)c1ccc(-c2cc3ccccc3n2-c2ccc(F)cc2)cc1. The van der Waals surface area contributed by atoms with Gasteiger partial charge in [-0.1, -0.05) is 30.3 Å². The molecule has 1 aromatic heterocycles. The van der Waals surface area contributed by atoms with E-state index in [1.807, 2.05) is 34.9 Å². The van der Waals surface area contributed by atoms with Gasteiger partial charge in [0.05, 0.1) is 16.1 Å². The summed E-state index contributed by atoms with van der Waals surface area (Å²) in [6, 6.07) is 23.1. The molecule has 0 fully saturated rings. The maximum absolute atomic E-state index is 13.4. The quantitative estimate of drug-likeness (QED) is 0.521. The molecule has 0 aliphatic heterocycles. The molecule has 26 heavy (non-hydrogen) atoms. The van der Waals surface area contributed by atoms with Crippen molar-refractivity contribution in [1.29, 1.82) is 0 Å². The summed E-state index contributed by atoms with van der Waals surface area (Å²) < 4.78 is 38.8. The van der Waals surface area contributed by atoms with Crippen LogP contribution in [0.15, 0.2) is 83.8 Å². The van der Waals surface area contributed by atoms with Gasteiger partial charge >= 0.3 is 0 Å². The minimum absolute atomic E-state index is 0.283. The van der Waals surface area contributed by atoms with Crippen molar-refractivity contribution in [2.75, 3.05) is 6.26 Å². The highest BCUT2D eigenvalue weighted by atomic mass is 32.2. The van der Waals surface area contributed by atoms with E-state index in [2.05, 4.69) is 0 Å². The van der Waals surface area contributed by atoms with Crippen molar-refractivity contribution in [3.8, 4) is 16.9 Å². The van der Waals surface area contributed by atoms with Crippen molar-refractivity contribution in [3.63, 3.8) is 0 Å². The zero-order valence-corrected chi connectivity index (χ0v) is 14.9. The van der Waals surface area contributed by atoms with Crippen molar-refractivity contribution < 1.29 is 12.8 Å². The molecule has 0 N–H and O–H groups in total. The first-order valence-electron chi connectivity index (χ1n) is 8.10. The third kappa shape index (κ3) is 2.91. The lowest BCUT2D eigenvalue weighted by Crippen LogP contribution is -1.98. The Hall–Kier alpha value is -2.92. The van der Waals surface area contributed by atoms with E-state index in [0.29, 0.717) is 0 Å². The molecule has 0 atom stereocenters. The fourth-order valence-corrected chi connectivity index (χ4v) is 3.74. The van der Waals surface area contributed by atoms with Gasteiger partial charge in [-0.2, -0.15) is 0 Å². The van der Waals surface area contributed by atoms with Crippen LogP contribution in [0.25, 0.3) is 27.8 Å². The lowest BCUT2D eigenvalue weighted by molar-refractivity contribution is 0.602. The first-order valence-corrected chi connectivity index (χ1v) is 9.99. The highest BCUT2D eigenvalue weighted by molar-refractivity contribution is 7.90. The first kappa shape index (κ1) is 16.5. The number of aromatic nitrogens is 1. The maximum Gasteiger partial charge on any atom is 0.175 e. The van der Waals surface area contributed by atoms with E-state index in [1.54, 1.807) is 36.4 Å². The summed E-state index contributed by atoms with van der Waals surface area (Å²) in [5.74, 6) is -0.288. The third-order valence-corrected chi connectivity index (χ3v) is 5.50. The van der Waals surface area contributed by atoms with Crippen molar-refractivity contribution in [1.82, 2.24) is 4.57 Å². The second-order valence-electron chi connectivity index (χ2n) is 6.20. The zero-order valence-electron chi connectivity index (χ0n) is 14.1. The molecular weight excluding hydrogens is 349 g/mol. The molecule has 0 radical (unpaired) electrons. The fourth-order valence-electron chi connectivity index (χ4n) is 3.11. The van der Waals surface area contributed by atoms with Crippen LogP contribution in [-0.2, 0) is 9.84 Å². The van der Waals surface area contributed by atoms with Crippen LogP contribution in [0, 0.1) is 5.82 Å². The topological polar surface area (TPSA) is 39.1 Å². The molecule has 1 heterocycles. The maximum atomic E-state index is 13.4. The number of sulfone groups is 1. The second-order valence-corrected chi connectivity index (χ2v) is 8.21. The zero-order chi connectivity index (χ0) is 18.3. The van der Waals surface area contributed by atoms with Crippen LogP contribution in [0.3, 0.4) is 0 Å². The molecule has 0 spiro atoms. The predicted molar refractivity (Wildman–Crippen MR) is 102 cm³/mol. The molecule has 130 valence electrons. The minimum atomic E-state index is -3.24. The average molecular weight is 365 g/mol. The van der Waals surface area contributed by atoms with E-state index in [4.69, 9.17) is 0 Å². The van der Waals surface area contributed by atoms with Gasteiger partial charge in [-0.25, -0.2) is 12.8 Å². The van der Waals surface area contributed by atoms with E-state index in [-0.39, 0.29) is 10.7 Å². The number of halogens is 1. The predicted octanol–water partition coefficient (Wildman–Crippen LogP) is 4.84. The molecule has 0 saturated heterocycles. The molecule has 0 amide bonds. The largest absolute Gasteiger partial charge is 0.309 e. The van der Waals surface area contributed by atoms with E-state index < -0.39 is 9.84 Å². The Bertz CT molecular complexity index is 1190. The van der Waals surface area contributed by atoms with E-state index >= 15 is 0 Å². The molecule has 0 aliphatic rings. The summed E-state index contributed by atoms with van der Waals surface area (Å²) in [5.41, 5.74) is 3.65. The molecular formula is C21H16FNO2S. The Morgan fingerprint density at radius 3 is 2.15 bits per heavy atom. The Kier molecular flexibility index (Phi) is 3.89. The molecule has 3 nitrogen and oxygen atoms in total. The lowest BCUT2D eigenvalue weighted by Gasteiger charge is -2.12. The fraction of sp³-hybridized carbons (Fsp3) is 0.0476. The van der Waals surface area contributed by atoms with Gasteiger partial charge in [-0.05, 0) is 54.1 Å². The standard InChI is InChI=1S/C21H16FNO2S/c1-26(24,25)19-12-6-15(7-13-19)21-14-16-4-2-3-5-20(16)23(21)18-10-8-17(22)9-11-18/h2-14H,1H3. The number of benzene rings is 3. The number of fused-ring (bicyclic) bond motifs is 1. The van der Waals surface area contributed by atoms with Crippen molar-refractivity contribution >= 4 is 20.7 Å². The molecule has 0 unspecified atom stereocenters. The monoisotopic (exact) mass is 365 g/mol. The second kappa shape index (κ2) is 6.11. The summed E-state index contributed by atoms with van der Waals surface area (Å²) in [6.45, 7) is 0. The molecule has 4 aromatic rings. The summed E-state index contributed by atoms with van der Waals surface area (Å²) in [6.07, 6.45) is 1.19. The smallest absolute Gasteiger partial charge is 0.175 e. The highest BCUT2D eigenvalue weighted by Gasteiger charge is 2.13. The Balaban J connectivity index is 1.95. The summed E-state index contributed by atoms with van der Waals surface area (Å²) in [7, 11) is -3.24. The number of nitrogens with zero attached hydrogens (tertiary/aromatic N) is 1. The van der Waals surface area contributed by atoms with Crippen LogP contribution in [0.4, 0.5) is 4.39 Å². The molecule has 0 bridgehead atoms. The molecule has 3 aromatic carbocycles. The highest BCUT2D eigenvalue weighted by Crippen LogP contribution is 2.32. The summed E-state index contributed by atoms with van der Waals surface area (Å²) in [5, 5.41) is 1.05. The number of rotatable bonds is 3. The third-order valence-electron chi connectivity index (χ3n) is 4.37.